The highest BCUT2D eigenvalue weighted by Gasteiger charge is 2.25. The summed E-state index contributed by atoms with van der Waals surface area (Å²) in [5, 5.41) is 15.0. The Bertz CT molecular complexity index is 198. The van der Waals surface area contributed by atoms with Gasteiger partial charge in [-0.2, -0.15) is 0 Å². The molecule has 1 unspecified atom stereocenters. The molecular formula is C10H20N2O2. The Hall–Kier alpha value is -0.610. The predicted molar refractivity (Wildman–Crippen MR) is 54.9 cm³/mol. The molecule has 1 saturated heterocycles. The van der Waals surface area contributed by atoms with Gasteiger partial charge in [0.15, 0.2) is 0 Å². The fourth-order valence-electron chi connectivity index (χ4n) is 1.54. The highest BCUT2D eigenvalue weighted by Crippen LogP contribution is 2.08. The number of carbonyl (C=O) groups excluding carboxylic acids is 1. The second kappa shape index (κ2) is 4.75. The molecule has 1 heterocycles. The number of aliphatic hydroxyl groups is 1. The first-order valence-corrected chi connectivity index (χ1v) is 5.21. The molecule has 1 atom stereocenters. The van der Waals surface area contributed by atoms with Crippen molar-refractivity contribution < 1.29 is 9.90 Å². The van der Waals surface area contributed by atoms with Crippen molar-refractivity contribution in [2.24, 2.45) is 0 Å². The lowest BCUT2D eigenvalue weighted by Gasteiger charge is -2.29. The van der Waals surface area contributed by atoms with Crippen LogP contribution in [-0.2, 0) is 4.79 Å². The van der Waals surface area contributed by atoms with Gasteiger partial charge >= 0.3 is 0 Å². The average molecular weight is 200 g/mol. The van der Waals surface area contributed by atoms with E-state index in [1.807, 2.05) is 13.8 Å². The molecule has 0 aromatic carbocycles. The Morgan fingerprint density at radius 1 is 1.57 bits per heavy atom. The molecule has 0 saturated carbocycles. The van der Waals surface area contributed by atoms with Gasteiger partial charge in [-0.25, -0.2) is 0 Å². The summed E-state index contributed by atoms with van der Waals surface area (Å²) in [5.74, 6) is 0.00347. The third-order valence-corrected chi connectivity index (χ3v) is 2.48. The maximum atomic E-state index is 11.7. The van der Waals surface area contributed by atoms with Crippen molar-refractivity contribution >= 4 is 5.91 Å². The Morgan fingerprint density at radius 2 is 2.29 bits per heavy atom. The van der Waals surface area contributed by atoms with Crippen LogP contribution in [0.5, 0.6) is 0 Å². The predicted octanol–water partition coefficient (Wildman–Crippen LogP) is 0.0156. The number of hydrogen-bond donors (Lipinski definition) is 3. The zero-order valence-corrected chi connectivity index (χ0v) is 8.97. The van der Waals surface area contributed by atoms with Gasteiger partial charge < -0.3 is 15.7 Å². The number of amides is 1. The van der Waals surface area contributed by atoms with Crippen LogP contribution in [0.4, 0.5) is 0 Å². The van der Waals surface area contributed by atoms with E-state index in [-0.39, 0.29) is 18.6 Å². The fraction of sp³-hybridized carbons (Fsp3) is 0.900. The van der Waals surface area contributed by atoms with Crippen LogP contribution in [0.3, 0.4) is 0 Å². The molecule has 1 fully saturated rings. The first-order chi connectivity index (χ1) is 6.55. The van der Waals surface area contributed by atoms with E-state index in [1.54, 1.807) is 0 Å². The molecule has 4 nitrogen and oxygen atoms in total. The molecule has 0 radical (unpaired) electrons. The van der Waals surface area contributed by atoms with Gasteiger partial charge in [-0.1, -0.05) is 6.42 Å². The van der Waals surface area contributed by atoms with Crippen molar-refractivity contribution in [1.82, 2.24) is 10.6 Å². The SMILES string of the molecule is CC(C)(CO)NC(=O)C1CCCCN1. The molecule has 1 aliphatic rings. The number of nitrogens with one attached hydrogen (secondary N) is 2. The molecule has 1 amide bonds. The van der Waals surface area contributed by atoms with Crippen molar-refractivity contribution in [2.45, 2.75) is 44.7 Å². The van der Waals surface area contributed by atoms with Gasteiger partial charge in [-0.15, -0.1) is 0 Å². The summed E-state index contributed by atoms with van der Waals surface area (Å²) < 4.78 is 0. The molecular weight excluding hydrogens is 180 g/mol. The van der Waals surface area contributed by atoms with Crippen LogP contribution in [0.1, 0.15) is 33.1 Å². The molecule has 0 aromatic rings. The Labute approximate surface area is 85.1 Å². The first kappa shape index (κ1) is 11.5. The molecule has 0 bridgehead atoms. The van der Waals surface area contributed by atoms with Crippen molar-refractivity contribution in [3.05, 3.63) is 0 Å². The van der Waals surface area contributed by atoms with E-state index in [1.165, 1.54) is 0 Å². The second-order valence-electron chi connectivity index (χ2n) is 4.53. The van der Waals surface area contributed by atoms with Crippen LogP contribution in [0.2, 0.25) is 0 Å². The van der Waals surface area contributed by atoms with Crippen LogP contribution in [-0.4, -0.2) is 35.7 Å². The molecule has 1 aliphatic heterocycles. The van der Waals surface area contributed by atoms with Gasteiger partial charge in [0.25, 0.3) is 0 Å². The number of rotatable bonds is 3. The number of hydrogen-bond acceptors (Lipinski definition) is 3. The summed E-state index contributed by atoms with van der Waals surface area (Å²) >= 11 is 0. The summed E-state index contributed by atoms with van der Waals surface area (Å²) in [4.78, 5) is 11.7. The van der Waals surface area contributed by atoms with Crippen LogP contribution in [0, 0.1) is 0 Å². The van der Waals surface area contributed by atoms with E-state index in [0.29, 0.717) is 0 Å². The minimum absolute atomic E-state index is 0.00347. The summed E-state index contributed by atoms with van der Waals surface area (Å²) in [6, 6.07) is -0.0745. The number of aliphatic hydroxyl groups excluding tert-OH is 1. The third kappa shape index (κ3) is 3.27. The van der Waals surface area contributed by atoms with Crippen LogP contribution in [0.25, 0.3) is 0 Å². The number of carbonyl (C=O) groups is 1. The van der Waals surface area contributed by atoms with Crippen molar-refractivity contribution in [3.63, 3.8) is 0 Å². The Kier molecular flexibility index (Phi) is 3.89. The second-order valence-corrected chi connectivity index (χ2v) is 4.53. The van der Waals surface area contributed by atoms with Gasteiger partial charge in [0, 0.05) is 0 Å². The lowest BCUT2D eigenvalue weighted by molar-refractivity contribution is -0.125. The monoisotopic (exact) mass is 200 g/mol. The summed E-state index contributed by atoms with van der Waals surface area (Å²) in [6.45, 7) is 4.50. The standard InChI is InChI=1S/C10H20N2O2/c1-10(2,7-13)12-9(14)8-5-3-4-6-11-8/h8,11,13H,3-7H2,1-2H3,(H,12,14). The van der Waals surface area contributed by atoms with Gasteiger partial charge in [-0.05, 0) is 33.2 Å². The Morgan fingerprint density at radius 3 is 2.79 bits per heavy atom. The van der Waals surface area contributed by atoms with Crippen LogP contribution in [0.15, 0.2) is 0 Å². The smallest absolute Gasteiger partial charge is 0.237 e. The van der Waals surface area contributed by atoms with E-state index in [0.717, 1.165) is 25.8 Å². The summed E-state index contributed by atoms with van der Waals surface area (Å²) in [6.07, 6.45) is 3.14. The van der Waals surface area contributed by atoms with Gasteiger partial charge in [0.2, 0.25) is 5.91 Å². The lowest BCUT2D eigenvalue weighted by atomic mass is 10.0. The average Bonchev–Trinajstić information content (AvgIpc) is 2.19. The highest BCUT2D eigenvalue weighted by molar-refractivity contribution is 5.82. The fourth-order valence-corrected chi connectivity index (χ4v) is 1.54. The van der Waals surface area contributed by atoms with Gasteiger partial charge in [0.1, 0.15) is 0 Å². The maximum Gasteiger partial charge on any atom is 0.237 e. The minimum Gasteiger partial charge on any atom is -0.394 e. The van der Waals surface area contributed by atoms with Gasteiger partial charge in [-0.3, -0.25) is 4.79 Å². The van der Waals surface area contributed by atoms with Crippen LogP contribution < -0.4 is 10.6 Å². The topological polar surface area (TPSA) is 61.4 Å². The summed E-state index contributed by atoms with van der Waals surface area (Å²) in [7, 11) is 0. The number of piperidine rings is 1. The van der Waals surface area contributed by atoms with Crippen LogP contribution >= 0.6 is 0 Å². The van der Waals surface area contributed by atoms with E-state index in [2.05, 4.69) is 10.6 Å². The van der Waals surface area contributed by atoms with E-state index in [4.69, 9.17) is 5.11 Å². The highest BCUT2D eigenvalue weighted by atomic mass is 16.3. The van der Waals surface area contributed by atoms with E-state index >= 15 is 0 Å². The molecule has 0 aliphatic carbocycles. The summed E-state index contributed by atoms with van der Waals surface area (Å²) in [5.41, 5.74) is -0.518. The quantitative estimate of drug-likeness (QED) is 0.601. The largest absolute Gasteiger partial charge is 0.394 e. The Balaban J connectivity index is 2.40. The van der Waals surface area contributed by atoms with Crippen molar-refractivity contribution in [2.75, 3.05) is 13.2 Å². The van der Waals surface area contributed by atoms with Gasteiger partial charge in [0.05, 0.1) is 18.2 Å². The normalized spacial score (nSPS) is 23.2. The van der Waals surface area contributed by atoms with Crippen molar-refractivity contribution in [1.29, 1.82) is 0 Å². The zero-order chi connectivity index (χ0) is 10.6. The van der Waals surface area contributed by atoms with Crippen molar-refractivity contribution in [3.8, 4) is 0 Å². The molecule has 82 valence electrons. The minimum atomic E-state index is -0.518. The lowest BCUT2D eigenvalue weighted by Crippen LogP contribution is -2.54. The third-order valence-electron chi connectivity index (χ3n) is 2.48. The molecule has 14 heavy (non-hydrogen) atoms. The van der Waals surface area contributed by atoms with E-state index < -0.39 is 5.54 Å². The molecule has 3 N–H and O–H groups in total. The first-order valence-electron chi connectivity index (χ1n) is 5.21. The van der Waals surface area contributed by atoms with E-state index in [9.17, 15) is 4.79 Å². The molecule has 1 rings (SSSR count). The maximum absolute atomic E-state index is 11.7. The molecule has 0 aromatic heterocycles. The molecule has 0 spiro atoms. The molecule has 4 heteroatoms. The zero-order valence-electron chi connectivity index (χ0n) is 8.97.